The summed E-state index contributed by atoms with van der Waals surface area (Å²) in [6.45, 7) is 1.78. The van der Waals surface area contributed by atoms with Gasteiger partial charge >= 0.3 is 11.9 Å². The Morgan fingerprint density at radius 3 is 2.46 bits per heavy atom. The van der Waals surface area contributed by atoms with Crippen LogP contribution >= 0.6 is 11.6 Å². The summed E-state index contributed by atoms with van der Waals surface area (Å²) in [6.07, 6.45) is 0.457. The van der Waals surface area contributed by atoms with Crippen LogP contribution in [0.5, 0.6) is 11.5 Å². The summed E-state index contributed by atoms with van der Waals surface area (Å²) in [5, 5.41) is 0.167. The van der Waals surface area contributed by atoms with E-state index in [1.54, 1.807) is 38.3 Å². The molecule has 0 heterocycles. The van der Waals surface area contributed by atoms with E-state index < -0.39 is 17.5 Å². The molecule has 0 N–H and O–H groups in total. The maximum absolute atomic E-state index is 14.2. The third-order valence-electron chi connectivity index (χ3n) is 3.54. The molecule has 0 aliphatic heterocycles. The maximum Gasteiger partial charge on any atom is 0.381 e. The van der Waals surface area contributed by atoms with Gasteiger partial charge in [-0.15, -0.1) is 0 Å². The van der Waals surface area contributed by atoms with E-state index >= 15 is 0 Å². The number of methoxy groups -OCH3 is 1. The van der Waals surface area contributed by atoms with Crippen molar-refractivity contribution in [2.24, 2.45) is 0 Å². The molecular weight excluding hydrogens is 366 g/mol. The average molecular weight is 385 g/mol. The third kappa shape index (κ3) is 4.85. The monoisotopic (exact) mass is 384 g/mol. The standard InChI is InChI=1S/C19H19ClF2O4/c1-3-10-25-18(23)19(21,22)14-6-9-16(20)17(11-14)26-12-13-4-7-15(24-2)8-5-13/h4-9,11H,3,10,12H2,1-2H3. The summed E-state index contributed by atoms with van der Waals surface area (Å²) >= 11 is 6.02. The van der Waals surface area contributed by atoms with Gasteiger partial charge in [-0.3, -0.25) is 0 Å². The highest BCUT2D eigenvalue weighted by atomic mass is 35.5. The van der Waals surface area contributed by atoms with Crippen LogP contribution in [0, 0.1) is 0 Å². The lowest BCUT2D eigenvalue weighted by Gasteiger charge is -2.17. The van der Waals surface area contributed by atoms with Gasteiger partial charge in [-0.2, -0.15) is 8.78 Å². The first-order valence-corrected chi connectivity index (χ1v) is 8.37. The van der Waals surface area contributed by atoms with Crippen molar-refractivity contribution in [2.45, 2.75) is 25.9 Å². The first-order valence-electron chi connectivity index (χ1n) is 7.99. The minimum absolute atomic E-state index is 0.0583. The van der Waals surface area contributed by atoms with E-state index in [0.29, 0.717) is 12.2 Å². The highest BCUT2D eigenvalue weighted by molar-refractivity contribution is 6.32. The quantitative estimate of drug-likeness (QED) is 0.602. The first-order chi connectivity index (χ1) is 12.4. The molecule has 0 amide bonds. The Kier molecular flexibility index (Phi) is 6.80. The van der Waals surface area contributed by atoms with E-state index in [2.05, 4.69) is 4.74 Å². The van der Waals surface area contributed by atoms with Crippen molar-refractivity contribution in [3.05, 3.63) is 58.6 Å². The van der Waals surface area contributed by atoms with Crippen LogP contribution in [0.4, 0.5) is 8.78 Å². The summed E-state index contributed by atoms with van der Waals surface area (Å²) in [5.74, 6) is -4.62. The molecule has 2 aromatic rings. The molecule has 7 heteroatoms. The van der Waals surface area contributed by atoms with E-state index in [1.165, 1.54) is 6.07 Å². The molecule has 0 aromatic heterocycles. The number of benzene rings is 2. The number of hydrogen-bond donors (Lipinski definition) is 0. The topological polar surface area (TPSA) is 44.8 Å². The minimum atomic E-state index is -3.78. The molecule has 0 unspecified atom stereocenters. The number of hydrogen-bond acceptors (Lipinski definition) is 4. The second kappa shape index (κ2) is 8.85. The molecule has 2 rings (SSSR count). The van der Waals surface area contributed by atoms with Gasteiger partial charge in [0.05, 0.1) is 18.7 Å². The molecule has 140 valence electrons. The minimum Gasteiger partial charge on any atom is -0.497 e. The van der Waals surface area contributed by atoms with Gasteiger partial charge in [0.2, 0.25) is 0 Å². The molecule has 0 fully saturated rings. The molecule has 2 aromatic carbocycles. The molecule has 0 bridgehead atoms. The number of carbonyl (C=O) groups is 1. The zero-order valence-corrected chi connectivity index (χ0v) is 15.2. The molecule has 0 spiro atoms. The fourth-order valence-corrected chi connectivity index (χ4v) is 2.27. The van der Waals surface area contributed by atoms with Crippen LogP contribution < -0.4 is 9.47 Å². The summed E-state index contributed by atoms with van der Waals surface area (Å²) in [5.41, 5.74) is 0.272. The van der Waals surface area contributed by atoms with Crippen LogP contribution in [0.2, 0.25) is 5.02 Å². The first kappa shape index (κ1) is 20.0. The van der Waals surface area contributed by atoms with Crippen molar-refractivity contribution < 1.29 is 27.8 Å². The number of alkyl halides is 2. The van der Waals surface area contributed by atoms with Gasteiger partial charge in [-0.25, -0.2) is 4.79 Å². The fraction of sp³-hybridized carbons (Fsp3) is 0.316. The predicted octanol–water partition coefficient (Wildman–Crippen LogP) is 4.97. The molecule has 0 atom stereocenters. The van der Waals surface area contributed by atoms with Crippen molar-refractivity contribution >= 4 is 17.6 Å². The molecule has 0 saturated heterocycles. The second-order valence-corrected chi connectivity index (χ2v) is 5.90. The zero-order valence-electron chi connectivity index (χ0n) is 14.4. The number of ether oxygens (including phenoxy) is 3. The molecule has 26 heavy (non-hydrogen) atoms. The van der Waals surface area contributed by atoms with Crippen LogP contribution in [0.15, 0.2) is 42.5 Å². The highest BCUT2D eigenvalue weighted by Gasteiger charge is 2.43. The largest absolute Gasteiger partial charge is 0.497 e. The van der Waals surface area contributed by atoms with Crippen molar-refractivity contribution in [1.29, 1.82) is 0 Å². The lowest BCUT2D eigenvalue weighted by Crippen LogP contribution is -2.28. The highest BCUT2D eigenvalue weighted by Crippen LogP contribution is 2.35. The maximum atomic E-state index is 14.2. The number of carbonyl (C=O) groups excluding carboxylic acids is 1. The van der Waals surface area contributed by atoms with Gasteiger partial charge in [0, 0.05) is 5.56 Å². The lowest BCUT2D eigenvalue weighted by atomic mass is 10.1. The van der Waals surface area contributed by atoms with Crippen LogP contribution in [0.3, 0.4) is 0 Å². The fourth-order valence-electron chi connectivity index (χ4n) is 2.10. The number of rotatable bonds is 8. The number of esters is 1. The Labute approximate surface area is 155 Å². The molecule has 0 radical (unpaired) electrons. The Morgan fingerprint density at radius 1 is 1.15 bits per heavy atom. The van der Waals surface area contributed by atoms with Crippen molar-refractivity contribution in [2.75, 3.05) is 13.7 Å². The van der Waals surface area contributed by atoms with Crippen molar-refractivity contribution in [1.82, 2.24) is 0 Å². The van der Waals surface area contributed by atoms with Gasteiger partial charge in [-0.1, -0.05) is 36.7 Å². The van der Waals surface area contributed by atoms with E-state index in [0.717, 1.165) is 17.7 Å². The van der Waals surface area contributed by atoms with E-state index in [9.17, 15) is 13.6 Å². The van der Waals surface area contributed by atoms with E-state index in [-0.39, 0.29) is 24.0 Å². The summed E-state index contributed by atoms with van der Waals surface area (Å²) in [4.78, 5) is 11.6. The van der Waals surface area contributed by atoms with Crippen LogP contribution in [-0.2, 0) is 22.1 Å². The van der Waals surface area contributed by atoms with Crippen LogP contribution in [0.25, 0.3) is 0 Å². The van der Waals surface area contributed by atoms with Crippen LogP contribution in [-0.4, -0.2) is 19.7 Å². The molecular formula is C19H19ClF2O4. The number of halogens is 3. The molecule has 4 nitrogen and oxygen atoms in total. The van der Waals surface area contributed by atoms with Gasteiger partial charge in [0.25, 0.3) is 0 Å². The molecule has 0 aliphatic rings. The van der Waals surface area contributed by atoms with Gasteiger partial charge in [0.15, 0.2) is 0 Å². The zero-order chi connectivity index (χ0) is 19.2. The van der Waals surface area contributed by atoms with Gasteiger partial charge in [0.1, 0.15) is 18.1 Å². The third-order valence-corrected chi connectivity index (χ3v) is 3.85. The Bertz CT molecular complexity index is 748. The lowest BCUT2D eigenvalue weighted by molar-refractivity contribution is -0.173. The van der Waals surface area contributed by atoms with Crippen molar-refractivity contribution in [3.8, 4) is 11.5 Å². The smallest absolute Gasteiger partial charge is 0.381 e. The SMILES string of the molecule is CCCOC(=O)C(F)(F)c1ccc(Cl)c(OCc2ccc(OC)cc2)c1. The summed E-state index contributed by atoms with van der Waals surface area (Å²) < 4.78 is 43.6. The summed E-state index contributed by atoms with van der Waals surface area (Å²) in [7, 11) is 1.56. The molecule has 0 saturated carbocycles. The summed E-state index contributed by atoms with van der Waals surface area (Å²) in [6, 6.07) is 10.5. The molecule has 0 aliphatic carbocycles. The van der Waals surface area contributed by atoms with Gasteiger partial charge < -0.3 is 14.2 Å². The normalized spacial score (nSPS) is 11.1. The predicted molar refractivity (Wildman–Crippen MR) is 93.9 cm³/mol. The second-order valence-electron chi connectivity index (χ2n) is 5.49. The Morgan fingerprint density at radius 2 is 1.85 bits per heavy atom. The Balaban J connectivity index is 2.14. The van der Waals surface area contributed by atoms with E-state index in [4.69, 9.17) is 21.1 Å². The Hall–Kier alpha value is -2.34. The van der Waals surface area contributed by atoms with Crippen LogP contribution in [0.1, 0.15) is 24.5 Å². The average Bonchev–Trinajstić information content (AvgIpc) is 2.65. The van der Waals surface area contributed by atoms with Crippen molar-refractivity contribution in [3.63, 3.8) is 0 Å². The van der Waals surface area contributed by atoms with E-state index in [1.807, 2.05) is 0 Å². The van der Waals surface area contributed by atoms with Gasteiger partial charge in [-0.05, 0) is 36.2 Å².